The van der Waals surface area contributed by atoms with Crippen molar-refractivity contribution in [3.63, 3.8) is 0 Å². The molecule has 21 heavy (non-hydrogen) atoms. The van der Waals surface area contributed by atoms with Crippen LogP contribution < -0.4 is 10.1 Å². The molecule has 0 aromatic heterocycles. The van der Waals surface area contributed by atoms with E-state index in [-0.39, 0.29) is 5.92 Å². The third-order valence-electron chi connectivity index (χ3n) is 3.58. The maximum atomic E-state index is 10.7. The highest BCUT2D eigenvalue weighted by atomic mass is 16.5. The average Bonchev–Trinajstić information content (AvgIpc) is 2.46. The first-order valence-electron chi connectivity index (χ1n) is 7.70. The van der Waals surface area contributed by atoms with E-state index >= 15 is 0 Å². The number of hydrogen-bond acceptors (Lipinski definition) is 3. The highest BCUT2D eigenvalue weighted by Crippen LogP contribution is 2.13. The summed E-state index contributed by atoms with van der Waals surface area (Å²) < 4.78 is 5.41. The Bertz CT molecular complexity index is 417. The van der Waals surface area contributed by atoms with Gasteiger partial charge in [0, 0.05) is 12.6 Å². The summed E-state index contributed by atoms with van der Waals surface area (Å²) in [4.78, 5) is 10.7. The summed E-state index contributed by atoms with van der Waals surface area (Å²) in [5.74, 6) is -0.0507. The first-order chi connectivity index (χ1) is 10.0. The number of carbonyl (C=O) groups is 1. The van der Waals surface area contributed by atoms with Crippen LogP contribution in [0.1, 0.15) is 45.6 Å². The Balaban J connectivity index is 2.23. The van der Waals surface area contributed by atoms with Gasteiger partial charge >= 0.3 is 5.97 Å². The molecule has 1 aromatic carbocycles. The Labute approximate surface area is 127 Å². The largest absolute Gasteiger partial charge is 0.494 e. The maximum absolute atomic E-state index is 10.7. The zero-order valence-corrected chi connectivity index (χ0v) is 13.3. The minimum absolute atomic E-state index is 0.247. The average molecular weight is 293 g/mol. The van der Waals surface area contributed by atoms with Gasteiger partial charge < -0.3 is 15.2 Å². The molecule has 4 heteroatoms. The molecular formula is C17H27NO3. The number of benzene rings is 1. The Kier molecular flexibility index (Phi) is 7.83. The number of ether oxygens (including phenoxy) is 1. The van der Waals surface area contributed by atoms with Crippen LogP contribution in [0.4, 0.5) is 0 Å². The van der Waals surface area contributed by atoms with Gasteiger partial charge in [0.2, 0.25) is 0 Å². The summed E-state index contributed by atoms with van der Waals surface area (Å²) in [6, 6.07) is 8.49. The van der Waals surface area contributed by atoms with Gasteiger partial charge in [-0.15, -0.1) is 0 Å². The molecule has 0 radical (unpaired) electrons. The van der Waals surface area contributed by atoms with Crippen LogP contribution in [-0.4, -0.2) is 23.7 Å². The molecule has 1 aromatic rings. The monoisotopic (exact) mass is 293 g/mol. The van der Waals surface area contributed by atoms with E-state index < -0.39 is 5.97 Å². The van der Waals surface area contributed by atoms with E-state index in [0.29, 0.717) is 12.6 Å². The van der Waals surface area contributed by atoms with Crippen molar-refractivity contribution in [2.24, 2.45) is 5.92 Å². The molecule has 0 fully saturated rings. The van der Waals surface area contributed by atoms with E-state index in [1.165, 1.54) is 5.56 Å². The lowest BCUT2D eigenvalue weighted by Crippen LogP contribution is -2.25. The number of carboxylic acid groups (broad SMARTS) is 1. The molecule has 0 aliphatic heterocycles. The molecule has 0 aliphatic rings. The summed E-state index contributed by atoms with van der Waals surface area (Å²) in [5, 5.41) is 12.3. The summed E-state index contributed by atoms with van der Waals surface area (Å²) in [5.41, 5.74) is 1.23. The van der Waals surface area contributed by atoms with Crippen LogP contribution in [0.5, 0.6) is 5.75 Å². The molecule has 0 spiro atoms. The van der Waals surface area contributed by atoms with Crippen molar-refractivity contribution in [1.29, 1.82) is 0 Å². The number of aliphatic carboxylic acids is 1. The maximum Gasteiger partial charge on any atom is 0.306 e. The van der Waals surface area contributed by atoms with Crippen molar-refractivity contribution < 1.29 is 14.6 Å². The first-order valence-corrected chi connectivity index (χ1v) is 7.70. The third-order valence-corrected chi connectivity index (χ3v) is 3.58. The van der Waals surface area contributed by atoms with Gasteiger partial charge in [-0.25, -0.2) is 0 Å². The lowest BCUT2D eigenvalue weighted by molar-refractivity contribution is -0.141. The lowest BCUT2D eigenvalue weighted by Gasteiger charge is -2.15. The van der Waals surface area contributed by atoms with E-state index in [4.69, 9.17) is 9.84 Å². The summed E-state index contributed by atoms with van der Waals surface area (Å²) in [7, 11) is 0. The topological polar surface area (TPSA) is 58.6 Å². The second kappa shape index (κ2) is 9.40. The van der Waals surface area contributed by atoms with Gasteiger partial charge in [0.15, 0.2) is 0 Å². The molecule has 4 nitrogen and oxygen atoms in total. The molecule has 118 valence electrons. The molecule has 0 bridgehead atoms. The molecule has 2 atom stereocenters. The fourth-order valence-corrected chi connectivity index (χ4v) is 2.12. The van der Waals surface area contributed by atoms with Crippen molar-refractivity contribution >= 4 is 5.97 Å². The summed E-state index contributed by atoms with van der Waals surface area (Å²) in [6.45, 7) is 7.38. The fourth-order valence-electron chi connectivity index (χ4n) is 2.12. The van der Waals surface area contributed by atoms with Crippen LogP contribution in [0.2, 0.25) is 0 Å². The SMILES string of the molecule is CCOc1ccc(CNC(C)CCCC(C)C(=O)O)cc1. The Morgan fingerprint density at radius 3 is 2.48 bits per heavy atom. The van der Waals surface area contributed by atoms with E-state index in [2.05, 4.69) is 24.4 Å². The number of nitrogens with one attached hydrogen (secondary N) is 1. The Morgan fingerprint density at radius 2 is 1.90 bits per heavy atom. The van der Waals surface area contributed by atoms with Gasteiger partial charge in [-0.2, -0.15) is 0 Å². The van der Waals surface area contributed by atoms with E-state index in [0.717, 1.165) is 31.6 Å². The lowest BCUT2D eigenvalue weighted by atomic mass is 10.0. The predicted octanol–water partition coefficient (Wildman–Crippen LogP) is 3.45. The van der Waals surface area contributed by atoms with Crippen LogP contribution >= 0.6 is 0 Å². The Hall–Kier alpha value is -1.55. The van der Waals surface area contributed by atoms with Crippen molar-refractivity contribution in [3.8, 4) is 5.75 Å². The molecule has 2 unspecified atom stereocenters. The van der Waals surface area contributed by atoms with Crippen molar-refractivity contribution in [2.75, 3.05) is 6.61 Å². The predicted molar refractivity (Wildman–Crippen MR) is 84.6 cm³/mol. The number of rotatable bonds is 10. The number of carboxylic acids is 1. The summed E-state index contributed by atoms with van der Waals surface area (Å²) >= 11 is 0. The van der Waals surface area contributed by atoms with Crippen molar-refractivity contribution in [2.45, 2.75) is 52.6 Å². The van der Waals surface area contributed by atoms with E-state index in [1.807, 2.05) is 19.1 Å². The third kappa shape index (κ3) is 7.14. The van der Waals surface area contributed by atoms with E-state index in [1.54, 1.807) is 6.92 Å². The highest BCUT2D eigenvalue weighted by Gasteiger charge is 2.11. The van der Waals surface area contributed by atoms with Gasteiger partial charge in [0.05, 0.1) is 12.5 Å². The zero-order chi connectivity index (χ0) is 15.7. The fraction of sp³-hybridized carbons (Fsp3) is 0.588. The molecule has 2 N–H and O–H groups in total. The molecule has 1 rings (SSSR count). The molecule has 0 saturated carbocycles. The van der Waals surface area contributed by atoms with Crippen LogP contribution in [-0.2, 0) is 11.3 Å². The molecule has 0 heterocycles. The van der Waals surface area contributed by atoms with Gasteiger partial charge in [0.25, 0.3) is 0 Å². The van der Waals surface area contributed by atoms with Crippen LogP contribution in [0, 0.1) is 5.92 Å². The Morgan fingerprint density at radius 1 is 1.24 bits per heavy atom. The molecule has 0 aliphatic carbocycles. The second-order valence-corrected chi connectivity index (χ2v) is 5.53. The van der Waals surface area contributed by atoms with Gasteiger partial charge in [-0.05, 0) is 44.4 Å². The van der Waals surface area contributed by atoms with Gasteiger partial charge in [-0.3, -0.25) is 4.79 Å². The normalized spacial score (nSPS) is 13.7. The highest BCUT2D eigenvalue weighted by molar-refractivity contribution is 5.69. The van der Waals surface area contributed by atoms with E-state index in [9.17, 15) is 4.79 Å². The van der Waals surface area contributed by atoms with Crippen LogP contribution in [0.25, 0.3) is 0 Å². The standard InChI is InChI=1S/C17H27NO3/c1-4-21-16-10-8-15(9-11-16)12-18-14(3)7-5-6-13(2)17(19)20/h8-11,13-14,18H,4-7,12H2,1-3H3,(H,19,20). The molecule has 0 amide bonds. The van der Waals surface area contributed by atoms with Gasteiger partial charge in [0.1, 0.15) is 5.75 Å². The number of hydrogen-bond donors (Lipinski definition) is 2. The quantitative estimate of drug-likeness (QED) is 0.693. The van der Waals surface area contributed by atoms with Crippen LogP contribution in [0.3, 0.4) is 0 Å². The van der Waals surface area contributed by atoms with Crippen molar-refractivity contribution in [3.05, 3.63) is 29.8 Å². The minimum atomic E-state index is -0.704. The zero-order valence-electron chi connectivity index (χ0n) is 13.3. The van der Waals surface area contributed by atoms with Gasteiger partial charge in [-0.1, -0.05) is 25.5 Å². The molecular weight excluding hydrogens is 266 g/mol. The second-order valence-electron chi connectivity index (χ2n) is 5.53. The van der Waals surface area contributed by atoms with Crippen LogP contribution in [0.15, 0.2) is 24.3 Å². The molecule has 0 saturated heterocycles. The van der Waals surface area contributed by atoms with Crippen molar-refractivity contribution in [1.82, 2.24) is 5.32 Å². The summed E-state index contributed by atoms with van der Waals surface area (Å²) in [6.07, 6.45) is 2.67. The minimum Gasteiger partial charge on any atom is -0.494 e. The first kappa shape index (κ1) is 17.5. The smallest absolute Gasteiger partial charge is 0.306 e.